The van der Waals surface area contributed by atoms with Gasteiger partial charge in [-0.25, -0.2) is 0 Å². The molecule has 0 aliphatic heterocycles. The Morgan fingerprint density at radius 1 is 0.159 bits per heavy atom. The van der Waals surface area contributed by atoms with Gasteiger partial charge < -0.3 is 0 Å². The van der Waals surface area contributed by atoms with Gasteiger partial charge in [0.1, 0.15) is 0 Å². The molecule has 0 atom stereocenters. The summed E-state index contributed by atoms with van der Waals surface area (Å²) in [7, 11) is 0. The zero-order valence-electron chi connectivity index (χ0n) is 71.2. The molecule has 0 saturated heterocycles. The van der Waals surface area contributed by atoms with Gasteiger partial charge in [-0.1, -0.05) is 453 Å². The van der Waals surface area contributed by atoms with Gasteiger partial charge in [-0.2, -0.15) is 0 Å². The number of hydrogen-bond acceptors (Lipinski definition) is 0. The zero-order chi connectivity index (χ0) is 79.3. The topological polar surface area (TPSA) is 0 Å². The van der Waals surface area contributed by atoms with Gasteiger partial charge >= 0.3 is 0 Å². The molecule has 0 fully saturated rings. The van der Waals surface area contributed by atoms with Crippen LogP contribution in [0.5, 0.6) is 0 Å². The molecule has 0 radical (unpaired) electrons. The van der Waals surface area contributed by atoms with E-state index in [9.17, 15) is 0 Å². The third kappa shape index (κ3) is 27.1. The van der Waals surface area contributed by atoms with E-state index in [1.807, 2.05) is 18.2 Å². The predicted octanol–water partition coefficient (Wildman–Crippen LogP) is 31.4. The van der Waals surface area contributed by atoms with Crippen molar-refractivity contribution in [3.8, 4) is 55.6 Å². The lowest BCUT2D eigenvalue weighted by Crippen LogP contribution is -2.23. The van der Waals surface area contributed by atoms with E-state index in [0.717, 1.165) is 0 Å². The summed E-state index contributed by atoms with van der Waals surface area (Å²) < 4.78 is 0. The molecule has 0 bridgehead atoms. The van der Waals surface area contributed by atoms with Crippen LogP contribution in [0, 0.1) is 48.5 Å². The third-order valence-corrected chi connectivity index (χ3v) is 19.6. The number of rotatable bonds is 5. The SMILES string of the molecule is Cc1c(-c2ccccc2)cccc1-c1ccccc1.Cc1c(C(C)(C)C)cc(C(C)(C)C)cc1C(C)(C)C.Cc1cc(C(C)(C)C)cc(C(C)(C)C)c1.Cc1ccc(-c2ccccc2)cc1.Cc1ccc(C(C)(C)C)cc1C(C)(C)C.Cc1cccc(-c2ccccc2)c1.Cc1ccccc1-c1ccccc1. The van der Waals surface area contributed by atoms with E-state index in [4.69, 9.17) is 0 Å². The first kappa shape index (κ1) is 86.6. The van der Waals surface area contributed by atoms with Crippen molar-refractivity contribution in [1.29, 1.82) is 0 Å². The van der Waals surface area contributed by atoms with E-state index >= 15 is 0 Å². The highest BCUT2D eigenvalue weighted by Gasteiger charge is 2.28. The Labute approximate surface area is 652 Å². The quantitative estimate of drug-likeness (QED) is 0.161. The van der Waals surface area contributed by atoms with E-state index in [1.165, 1.54) is 134 Å². The van der Waals surface area contributed by atoms with Crippen LogP contribution in [0.15, 0.2) is 291 Å². The molecule has 0 unspecified atom stereocenters. The molecule has 0 N–H and O–H groups in total. The van der Waals surface area contributed by atoms with Crippen LogP contribution in [0.4, 0.5) is 0 Å². The van der Waals surface area contributed by atoms with Crippen molar-refractivity contribution in [2.75, 3.05) is 0 Å². The fraction of sp³-hybridized carbons (Fsp3) is 0.327. The summed E-state index contributed by atoms with van der Waals surface area (Å²) in [4.78, 5) is 0. The zero-order valence-corrected chi connectivity index (χ0v) is 71.2. The summed E-state index contributed by atoms with van der Waals surface area (Å²) in [5.74, 6) is 0. The highest BCUT2D eigenvalue weighted by Crippen LogP contribution is 2.39. The summed E-state index contributed by atoms with van der Waals surface area (Å²) >= 11 is 0. The van der Waals surface area contributed by atoms with Gasteiger partial charge in [-0.15, -0.1) is 0 Å². The maximum absolute atomic E-state index is 2.42. The molecule has 107 heavy (non-hydrogen) atoms. The minimum Gasteiger partial charge on any atom is -0.0622 e. The smallest absolute Gasteiger partial charge is 0.0129 e. The maximum atomic E-state index is 2.42. The van der Waals surface area contributed by atoms with Gasteiger partial charge in [0.05, 0.1) is 0 Å². The molecule has 0 heterocycles. The van der Waals surface area contributed by atoms with E-state index in [0.29, 0.717) is 0 Å². The highest BCUT2D eigenvalue weighted by atomic mass is 14.3. The maximum Gasteiger partial charge on any atom is -0.0129 e. The van der Waals surface area contributed by atoms with Crippen LogP contribution in [0.3, 0.4) is 0 Å². The van der Waals surface area contributed by atoms with Crippen molar-refractivity contribution < 1.29 is 0 Å². The highest BCUT2D eigenvalue weighted by molar-refractivity contribution is 5.78. The van der Waals surface area contributed by atoms with Crippen molar-refractivity contribution in [2.24, 2.45) is 0 Å². The molecular weight excluding hydrogens is 1290 g/mol. The molecule has 0 nitrogen and oxygen atoms in total. The Hall–Kier alpha value is -9.36. The first-order chi connectivity index (χ1) is 49.9. The van der Waals surface area contributed by atoms with Crippen LogP contribution >= 0.6 is 0 Å². The molecule has 0 spiro atoms. The Morgan fingerprint density at radius 2 is 0.467 bits per heavy atom. The summed E-state index contributed by atoms with van der Waals surface area (Å²) in [6, 6.07) is 103. The van der Waals surface area contributed by atoms with Crippen molar-refractivity contribution in [3.05, 3.63) is 369 Å². The third-order valence-electron chi connectivity index (χ3n) is 19.6. The van der Waals surface area contributed by atoms with E-state index in [-0.39, 0.29) is 37.9 Å². The number of benzene rings is 12. The average molecular weight is 1420 g/mol. The second-order valence-electron chi connectivity index (χ2n) is 36.4. The van der Waals surface area contributed by atoms with E-state index in [1.54, 1.807) is 0 Å². The lowest BCUT2D eigenvalue weighted by molar-refractivity contribution is 0.542. The van der Waals surface area contributed by atoms with Crippen LogP contribution < -0.4 is 0 Å². The molecule has 0 aliphatic carbocycles. The summed E-state index contributed by atoms with van der Waals surface area (Å²) in [5, 5.41) is 0. The molecule has 12 aromatic rings. The van der Waals surface area contributed by atoms with E-state index < -0.39 is 0 Å². The monoisotopic (exact) mass is 1420 g/mol. The normalized spacial score (nSPS) is 11.6. The van der Waals surface area contributed by atoms with Crippen molar-refractivity contribution in [2.45, 2.75) is 232 Å². The average Bonchev–Trinajstić information content (AvgIpc) is 0.769. The largest absolute Gasteiger partial charge is 0.0622 e. The predicted molar refractivity (Wildman–Crippen MR) is 476 cm³/mol. The van der Waals surface area contributed by atoms with Gasteiger partial charge in [0, 0.05) is 0 Å². The molecule has 0 heteroatoms. The number of aryl methyl sites for hydroxylation is 5. The van der Waals surface area contributed by atoms with Gasteiger partial charge in [0.15, 0.2) is 0 Å². The van der Waals surface area contributed by atoms with Gasteiger partial charge in [0.25, 0.3) is 0 Å². The summed E-state index contributed by atoms with van der Waals surface area (Å²) in [5.41, 5.74) is 34.2. The molecule has 560 valence electrons. The second-order valence-corrected chi connectivity index (χ2v) is 36.4. The van der Waals surface area contributed by atoms with Crippen LogP contribution in [-0.2, 0) is 37.9 Å². The molecule has 0 saturated carbocycles. The fourth-order valence-corrected chi connectivity index (χ4v) is 13.1. The second kappa shape index (κ2) is 37.9. The van der Waals surface area contributed by atoms with Crippen LogP contribution in [0.1, 0.15) is 223 Å². The lowest BCUT2D eigenvalue weighted by Gasteiger charge is -2.32. The molecule has 0 amide bonds. The molecule has 12 aromatic carbocycles. The van der Waals surface area contributed by atoms with Gasteiger partial charge in [-0.05, 0) is 203 Å². The van der Waals surface area contributed by atoms with Crippen molar-refractivity contribution in [3.63, 3.8) is 0 Å². The standard InChI is InChI=1S/C19H16.C19H32.2C15H24.3C13H12/c1-15-18(16-9-4-2-5-10-16)13-8-14-19(15)17-11-6-3-7-12-17;1-13-15(18(5,6)7)11-14(17(2,3)4)12-16(13)19(8,9)10;1-11-8-12(14(2,3)4)10-13(9-11)15(5,6)7;1-11-8-9-12(14(2,3)4)10-13(11)15(5,6)7;1-11-7-5-6-10-13(11)12-8-3-2-4-9-12;1-11-6-5-9-13(10-11)12-7-3-2-4-8-12;1-11-7-9-13(10-8-11)12-5-3-2-4-6-12/h2-14H,1H3;11-12H,1-10H3;2*8-10H,1-7H3;3*2-10H,1H3. The number of hydrogen-bond donors (Lipinski definition) is 0. The molecular formula is C107H132. The Kier molecular flexibility index (Phi) is 30.7. The molecule has 12 rings (SSSR count). The molecule has 0 aromatic heterocycles. The van der Waals surface area contributed by atoms with Crippen LogP contribution in [-0.4, -0.2) is 0 Å². The van der Waals surface area contributed by atoms with Gasteiger partial charge in [0.2, 0.25) is 0 Å². The minimum absolute atomic E-state index is 0.200. The fourth-order valence-electron chi connectivity index (χ4n) is 13.1. The minimum atomic E-state index is 0.200. The Balaban J connectivity index is 0.000000196. The molecule has 0 aliphatic rings. The summed E-state index contributed by atoms with van der Waals surface area (Å²) in [6.45, 7) is 63.3. The lowest BCUT2D eigenvalue weighted by atomic mass is 9.73. The Bertz CT molecular complexity index is 4520. The first-order valence-corrected chi connectivity index (χ1v) is 38.9. The van der Waals surface area contributed by atoms with Crippen molar-refractivity contribution in [1.82, 2.24) is 0 Å². The van der Waals surface area contributed by atoms with E-state index in [2.05, 4.69) is 467 Å². The van der Waals surface area contributed by atoms with Crippen LogP contribution in [0.25, 0.3) is 55.6 Å². The first-order valence-electron chi connectivity index (χ1n) is 38.9. The van der Waals surface area contributed by atoms with Gasteiger partial charge in [-0.3, -0.25) is 0 Å². The van der Waals surface area contributed by atoms with Crippen molar-refractivity contribution >= 4 is 0 Å². The van der Waals surface area contributed by atoms with Crippen LogP contribution in [0.2, 0.25) is 0 Å². The summed E-state index contributed by atoms with van der Waals surface area (Å²) in [6.07, 6.45) is 0. The Morgan fingerprint density at radius 3 is 0.841 bits per heavy atom.